The van der Waals surface area contributed by atoms with Gasteiger partial charge in [-0.3, -0.25) is 10.1 Å². The molecule has 0 atom stereocenters. The van der Waals surface area contributed by atoms with Crippen molar-refractivity contribution < 1.29 is 8.98 Å². The van der Waals surface area contributed by atoms with Gasteiger partial charge in [-0.2, -0.15) is 5.10 Å². The molecule has 0 aliphatic carbocycles. The minimum Gasteiger partial charge on any atom is -0.467 e. The number of aryl methyl sites for hydroxylation is 1. The number of fused-ring (bicyclic) bond motifs is 1. The molecule has 0 unspecified atom stereocenters. The number of nitrogens with one attached hydrogen (secondary N) is 1. The van der Waals surface area contributed by atoms with Crippen LogP contribution in [0.4, 0.5) is 0 Å². The number of amidine groups is 1. The summed E-state index contributed by atoms with van der Waals surface area (Å²) < 4.78 is 9.23. The lowest BCUT2D eigenvalue weighted by Gasteiger charge is -1.99. The van der Waals surface area contributed by atoms with Crippen LogP contribution in [0.15, 0.2) is 41.4 Å². The molecule has 0 aromatic carbocycles. The van der Waals surface area contributed by atoms with Crippen LogP contribution in [0.2, 0.25) is 0 Å². The van der Waals surface area contributed by atoms with Crippen molar-refractivity contribution in [2.75, 3.05) is 0 Å². The molecule has 3 heterocycles. The predicted molar refractivity (Wildman–Crippen MR) is 69.7 cm³/mol. The van der Waals surface area contributed by atoms with Crippen LogP contribution in [0.25, 0.3) is 10.9 Å². The second kappa shape index (κ2) is 4.24. The monoisotopic (exact) mass is 256 g/mol. The molecule has 0 fully saturated rings. The quantitative estimate of drug-likeness (QED) is 0.412. The molecule has 0 spiro atoms. The molecule has 19 heavy (non-hydrogen) atoms. The van der Waals surface area contributed by atoms with E-state index in [1.807, 2.05) is 41.0 Å². The van der Waals surface area contributed by atoms with E-state index in [9.17, 15) is 0 Å². The van der Waals surface area contributed by atoms with Gasteiger partial charge in [0.2, 0.25) is 0 Å². The highest BCUT2D eigenvalue weighted by Gasteiger charge is 2.10. The van der Waals surface area contributed by atoms with Crippen LogP contribution in [0, 0.1) is 5.41 Å². The lowest BCUT2D eigenvalue weighted by atomic mass is 10.3. The van der Waals surface area contributed by atoms with Gasteiger partial charge in [0.15, 0.2) is 12.4 Å². The fourth-order valence-corrected chi connectivity index (χ4v) is 1.99. The first kappa shape index (κ1) is 11.5. The normalized spacial score (nSPS) is 11.0. The first-order valence-corrected chi connectivity index (χ1v) is 5.86. The lowest BCUT2D eigenvalue weighted by molar-refractivity contribution is -0.670. The predicted octanol–water partition coefficient (Wildman–Crippen LogP) is 0.786. The van der Waals surface area contributed by atoms with Crippen molar-refractivity contribution in [3.63, 3.8) is 0 Å². The number of hydrogen-bond donors (Lipinski definition) is 2. The summed E-state index contributed by atoms with van der Waals surface area (Å²) in [4.78, 5) is 0. The molecule has 96 valence electrons. The third kappa shape index (κ3) is 2.08. The number of furan rings is 1. The smallest absolute Gasteiger partial charge is 0.194 e. The maximum Gasteiger partial charge on any atom is 0.194 e. The van der Waals surface area contributed by atoms with Crippen molar-refractivity contribution in [2.45, 2.75) is 6.54 Å². The Morgan fingerprint density at radius 2 is 2.42 bits per heavy atom. The van der Waals surface area contributed by atoms with E-state index in [1.165, 1.54) is 6.26 Å². The van der Waals surface area contributed by atoms with Crippen molar-refractivity contribution in [1.82, 2.24) is 9.78 Å². The summed E-state index contributed by atoms with van der Waals surface area (Å²) in [6, 6.07) is 3.78. The Kier molecular flexibility index (Phi) is 2.56. The molecule has 0 radical (unpaired) electrons. The summed E-state index contributed by atoms with van der Waals surface area (Å²) >= 11 is 0. The summed E-state index contributed by atoms with van der Waals surface area (Å²) in [5, 5.41) is 12.8. The molecular weight excluding hydrogens is 242 g/mol. The van der Waals surface area contributed by atoms with E-state index in [2.05, 4.69) is 5.10 Å². The third-order valence-corrected chi connectivity index (χ3v) is 3.00. The SMILES string of the molecule is C[n+]1ccc2cnn(Cc3cc(C(=N)N)co3)c2c1. The molecule has 0 amide bonds. The van der Waals surface area contributed by atoms with Gasteiger partial charge in [-0.05, 0) is 6.07 Å². The van der Waals surface area contributed by atoms with Gasteiger partial charge in [0, 0.05) is 11.5 Å². The lowest BCUT2D eigenvalue weighted by Crippen LogP contribution is -2.26. The maximum absolute atomic E-state index is 7.35. The van der Waals surface area contributed by atoms with Gasteiger partial charge < -0.3 is 10.2 Å². The zero-order valence-corrected chi connectivity index (χ0v) is 10.5. The average Bonchev–Trinajstić information content (AvgIpc) is 2.98. The van der Waals surface area contributed by atoms with E-state index in [4.69, 9.17) is 15.6 Å². The Hall–Kier alpha value is -2.63. The van der Waals surface area contributed by atoms with Gasteiger partial charge in [-0.15, -0.1) is 0 Å². The Morgan fingerprint density at radius 1 is 1.58 bits per heavy atom. The summed E-state index contributed by atoms with van der Waals surface area (Å²) in [6.07, 6.45) is 7.31. The molecule has 6 heteroatoms. The van der Waals surface area contributed by atoms with Gasteiger partial charge in [-0.1, -0.05) is 0 Å². The standard InChI is InChI=1S/C13H14N5O/c1-17-3-2-9-5-16-18(12(9)7-17)6-11-4-10(8-19-11)13(14)15/h2-5,7-8H,6H2,1H3,(H3,14,15)/q+1. The van der Waals surface area contributed by atoms with Gasteiger partial charge in [0.05, 0.1) is 18.3 Å². The molecule has 0 saturated heterocycles. The Labute approximate surface area is 109 Å². The molecule has 0 bridgehead atoms. The highest BCUT2D eigenvalue weighted by molar-refractivity contribution is 5.94. The van der Waals surface area contributed by atoms with Crippen LogP contribution in [0.1, 0.15) is 11.3 Å². The van der Waals surface area contributed by atoms with E-state index in [1.54, 1.807) is 6.07 Å². The average molecular weight is 256 g/mol. The van der Waals surface area contributed by atoms with Gasteiger partial charge in [0.1, 0.15) is 30.4 Å². The highest BCUT2D eigenvalue weighted by Crippen LogP contribution is 2.14. The van der Waals surface area contributed by atoms with Crippen molar-refractivity contribution >= 4 is 16.7 Å². The van der Waals surface area contributed by atoms with Crippen molar-refractivity contribution in [3.05, 3.63) is 48.3 Å². The number of nitrogens with two attached hydrogens (primary N) is 1. The Morgan fingerprint density at radius 3 is 3.16 bits per heavy atom. The summed E-state index contributed by atoms with van der Waals surface area (Å²) in [7, 11) is 1.97. The van der Waals surface area contributed by atoms with E-state index >= 15 is 0 Å². The number of rotatable bonds is 3. The minimum atomic E-state index is 0.00623. The van der Waals surface area contributed by atoms with Crippen molar-refractivity contribution in [3.8, 4) is 0 Å². The zero-order chi connectivity index (χ0) is 13.4. The van der Waals surface area contributed by atoms with E-state index in [0.29, 0.717) is 12.1 Å². The first-order valence-electron chi connectivity index (χ1n) is 5.86. The second-order valence-corrected chi connectivity index (χ2v) is 4.47. The van der Waals surface area contributed by atoms with Gasteiger partial charge in [0.25, 0.3) is 0 Å². The minimum absolute atomic E-state index is 0.00623. The third-order valence-electron chi connectivity index (χ3n) is 3.00. The molecule has 3 aromatic heterocycles. The number of nitrogen functional groups attached to an aromatic ring is 1. The zero-order valence-electron chi connectivity index (χ0n) is 10.5. The maximum atomic E-state index is 7.35. The van der Waals surface area contributed by atoms with Crippen molar-refractivity contribution in [2.24, 2.45) is 12.8 Å². The Balaban J connectivity index is 1.96. The summed E-state index contributed by atoms with van der Waals surface area (Å²) in [5.74, 6) is 0.730. The molecule has 3 aromatic rings. The van der Waals surface area contributed by atoms with Crippen LogP contribution in [-0.2, 0) is 13.6 Å². The summed E-state index contributed by atoms with van der Waals surface area (Å²) in [5.41, 5.74) is 7.04. The first-order chi connectivity index (χ1) is 9.13. The fraction of sp³-hybridized carbons (Fsp3) is 0.154. The number of pyridine rings is 1. The highest BCUT2D eigenvalue weighted by atomic mass is 16.3. The number of aromatic nitrogens is 3. The van der Waals surface area contributed by atoms with Crippen LogP contribution in [0.3, 0.4) is 0 Å². The van der Waals surface area contributed by atoms with Crippen LogP contribution in [-0.4, -0.2) is 15.6 Å². The van der Waals surface area contributed by atoms with Crippen molar-refractivity contribution in [1.29, 1.82) is 5.41 Å². The molecule has 0 saturated carbocycles. The van der Waals surface area contributed by atoms with E-state index < -0.39 is 0 Å². The van der Waals surface area contributed by atoms with Crippen LogP contribution >= 0.6 is 0 Å². The molecule has 3 rings (SSSR count). The molecule has 0 aliphatic rings. The fourth-order valence-electron chi connectivity index (χ4n) is 1.99. The van der Waals surface area contributed by atoms with Gasteiger partial charge in [-0.25, -0.2) is 4.57 Å². The van der Waals surface area contributed by atoms with E-state index in [0.717, 1.165) is 16.7 Å². The molecular formula is C13H14N5O+. The number of nitrogens with zero attached hydrogens (tertiary/aromatic N) is 3. The number of hydrogen-bond acceptors (Lipinski definition) is 3. The van der Waals surface area contributed by atoms with E-state index in [-0.39, 0.29) is 5.84 Å². The van der Waals surface area contributed by atoms with Crippen LogP contribution in [0.5, 0.6) is 0 Å². The van der Waals surface area contributed by atoms with Crippen LogP contribution < -0.4 is 10.3 Å². The molecule has 0 aliphatic heterocycles. The van der Waals surface area contributed by atoms with Gasteiger partial charge >= 0.3 is 0 Å². The summed E-state index contributed by atoms with van der Waals surface area (Å²) in [6.45, 7) is 0.515. The molecule has 6 nitrogen and oxygen atoms in total. The largest absolute Gasteiger partial charge is 0.467 e. The second-order valence-electron chi connectivity index (χ2n) is 4.47. The molecule has 3 N–H and O–H groups in total. The topological polar surface area (TPSA) is 84.7 Å². The Bertz CT molecular complexity index is 755.